The summed E-state index contributed by atoms with van der Waals surface area (Å²) in [5.74, 6) is 0. The minimum absolute atomic E-state index is 0.0484. The predicted molar refractivity (Wildman–Crippen MR) is 81.0 cm³/mol. The van der Waals surface area contributed by atoms with E-state index in [4.69, 9.17) is 0 Å². The average Bonchev–Trinajstić information content (AvgIpc) is 2.46. The Balaban J connectivity index is 1.89. The van der Waals surface area contributed by atoms with Gasteiger partial charge in [-0.25, -0.2) is 0 Å². The van der Waals surface area contributed by atoms with Crippen molar-refractivity contribution >= 4 is 5.69 Å². The molecule has 0 aromatic heterocycles. The maximum atomic E-state index is 12.3. The van der Waals surface area contributed by atoms with Gasteiger partial charge in [0, 0.05) is 31.4 Å². The van der Waals surface area contributed by atoms with Gasteiger partial charge in [0.1, 0.15) is 0 Å². The van der Waals surface area contributed by atoms with E-state index in [9.17, 15) is 18.3 Å². The first kappa shape index (κ1) is 17.1. The highest BCUT2D eigenvalue weighted by Gasteiger charge is 2.32. The molecule has 2 rings (SSSR count). The van der Waals surface area contributed by atoms with Crippen molar-refractivity contribution in [2.45, 2.75) is 37.6 Å². The summed E-state index contributed by atoms with van der Waals surface area (Å²) in [5, 5.41) is 9.59. The zero-order valence-corrected chi connectivity index (χ0v) is 12.8. The Bertz CT molecular complexity index is 452. The molecule has 6 heteroatoms. The first-order valence-electron chi connectivity index (χ1n) is 7.60. The lowest BCUT2D eigenvalue weighted by atomic mass is 10.0. The Morgan fingerprint density at radius 1 is 1.32 bits per heavy atom. The van der Waals surface area contributed by atoms with Crippen LogP contribution in [0.3, 0.4) is 0 Å². The molecular weight excluding hydrogens is 293 g/mol. The molecule has 1 heterocycles. The van der Waals surface area contributed by atoms with E-state index in [1.165, 1.54) is 0 Å². The Hall–Kier alpha value is -1.27. The first-order chi connectivity index (χ1) is 10.3. The molecule has 3 nitrogen and oxygen atoms in total. The largest absolute Gasteiger partial charge is 0.391 e. The molecule has 2 atom stereocenters. The maximum Gasteiger partial charge on any atom is 0.391 e. The van der Waals surface area contributed by atoms with Gasteiger partial charge in [0.2, 0.25) is 0 Å². The smallest absolute Gasteiger partial charge is 0.391 e. The number of nitrogens with zero attached hydrogens (tertiary/aromatic N) is 2. The van der Waals surface area contributed by atoms with Gasteiger partial charge in [-0.05, 0) is 32.0 Å². The van der Waals surface area contributed by atoms with Gasteiger partial charge in [-0.15, -0.1) is 0 Å². The van der Waals surface area contributed by atoms with Crippen molar-refractivity contribution in [3.63, 3.8) is 0 Å². The van der Waals surface area contributed by atoms with Gasteiger partial charge in [0.15, 0.2) is 0 Å². The molecule has 1 fully saturated rings. The minimum atomic E-state index is -4.32. The molecule has 22 heavy (non-hydrogen) atoms. The fourth-order valence-corrected chi connectivity index (χ4v) is 3.00. The highest BCUT2D eigenvalue weighted by molar-refractivity contribution is 5.46. The molecule has 0 saturated carbocycles. The fraction of sp³-hybridized carbons (Fsp3) is 0.625. The van der Waals surface area contributed by atoms with E-state index >= 15 is 0 Å². The third-order valence-corrected chi connectivity index (χ3v) is 4.11. The summed E-state index contributed by atoms with van der Waals surface area (Å²) in [5.41, 5.74) is 1.14. The maximum absolute atomic E-state index is 12.3. The lowest BCUT2D eigenvalue weighted by molar-refractivity contribution is -0.155. The highest BCUT2D eigenvalue weighted by atomic mass is 19.4. The van der Waals surface area contributed by atoms with Crippen LogP contribution in [0.5, 0.6) is 0 Å². The second kappa shape index (κ2) is 7.33. The number of aliphatic hydroxyl groups excluding tert-OH is 1. The van der Waals surface area contributed by atoms with Crippen LogP contribution in [0.4, 0.5) is 18.9 Å². The lowest BCUT2D eigenvalue weighted by Gasteiger charge is -2.39. The average molecular weight is 316 g/mol. The molecule has 0 aliphatic carbocycles. The monoisotopic (exact) mass is 316 g/mol. The quantitative estimate of drug-likeness (QED) is 0.905. The number of aliphatic hydroxyl groups is 1. The SMILES string of the molecule is CN(CC(O)CC(F)(F)F)C1CCCN(c2ccccc2)C1. The number of hydrogen-bond acceptors (Lipinski definition) is 3. The number of benzene rings is 1. The summed E-state index contributed by atoms with van der Waals surface area (Å²) in [6, 6.07) is 10.2. The van der Waals surface area contributed by atoms with Crippen molar-refractivity contribution in [3.8, 4) is 0 Å². The second-order valence-electron chi connectivity index (χ2n) is 5.99. The van der Waals surface area contributed by atoms with E-state index in [0.717, 1.165) is 31.6 Å². The number of anilines is 1. The van der Waals surface area contributed by atoms with Crippen LogP contribution in [-0.4, -0.2) is 55.0 Å². The zero-order valence-electron chi connectivity index (χ0n) is 12.8. The number of rotatable bonds is 5. The molecular formula is C16H23F3N2O. The summed E-state index contributed by atoms with van der Waals surface area (Å²) < 4.78 is 36.9. The molecule has 0 radical (unpaired) electrons. The molecule has 1 aliphatic heterocycles. The van der Waals surface area contributed by atoms with Gasteiger partial charge < -0.3 is 10.0 Å². The van der Waals surface area contributed by atoms with Crippen LogP contribution in [0.25, 0.3) is 0 Å². The number of para-hydroxylation sites is 1. The summed E-state index contributed by atoms with van der Waals surface area (Å²) in [7, 11) is 1.79. The van der Waals surface area contributed by atoms with Gasteiger partial charge in [-0.2, -0.15) is 13.2 Å². The molecule has 1 aromatic rings. The number of alkyl halides is 3. The normalized spacial score (nSPS) is 21.2. The van der Waals surface area contributed by atoms with Gasteiger partial charge in [-0.1, -0.05) is 18.2 Å². The molecule has 0 bridgehead atoms. The Morgan fingerprint density at radius 2 is 2.00 bits per heavy atom. The van der Waals surface area contributed by atoms with Crippen molar-refractivity contribution in [1.29, 1.82) is 0 Å². The van der Waals surface area contributed by atoms with E-state index in [0.29, 0.717) is 0 Å². The van der Waals surface area contributed by atoms with Gasteiger partial charge in [0.05, 0.1) is 12.5 Å². The third-order valence-electron chi connectivity index (χ3n) is 4.11. The Labute approximate surface area is 129 Å². The van der Waals surface area contributed by atoms with E-state index in [-0.39, 0.29) is 12.6 Å². The number of piperidine rings is 1. The van der Waals surface area contributed by atoms with Crippen molar-refractivity contribution in [2.24, 2.45) is 0 Å². The van der Waals surface area contributed by atoms with Crippen LogP contribution in [-0.2, 0) is 0 Å². The number of hydrogen-bond donors (Lipinski definition) is 1. The summed E-state index contributed by atoms with van der Waals surface area (Å²) in [6.45, 7) is 1.78. The van der Waals surface area contributed by atoms with Crippen LogP contribution >= 0.6 is 0 Å². The van der Waals surface area contributed by atoms with Gasteiger partial charge >= 0.3 is 6.18 Å². The van der Waals surface area contributed by atoms with Crippen molar-refractivity contribution in [1.82, 2.24) is 4.90 Å². The summed E-state index contributed by atoms with van der Waals surface area (Å²) in [6.07, 6.45) is -4.88. The standard InChI is InChI=1S/C16H23F3N2O/c1-20(12-15(22)10-16(17,18)19)14-8-5-9-21(11-14)13-6-3-2-4-7-13/h2-4,6-7,14-15,22H,5,8-12H2,1H3. The van der Waals surface area contributed by atoms with Crippen molar-refractivity contribution in [3.05, 3.63) is 30.3 Å². The molecule has 1 aliphatic rings. The molecule has 1 aromatic carbocycles. The highest BCUT2D eigenvalue weighted by Crippen LogP contribution is 2.24. The fourth-order valence-electron chi connectivity index (χ4n) is 3.00. The Kier molecular flexibility index (Phi) is 5.69. The molecule has 0 spiro atoms. The third kappa shape index (κ3) is 5.18. The van der Waals surface area contributed by atoms with E-state index < -0.39 is 18.7 Å². The molecule has 0 amide bonds. The van der Waals surface area contributed by atoms with E-state index in [1.54, 1.807) is 7.05 Å². The van der Waals surface area contributed by atoms with E-state index in [2.05, 4.69) is 4.90 Å². The van der Waals surface area contributed by atoms with Crippen molar-refractivity contribution in [2.75, 3.05) is 31.6 Å². The second-order valence-corrected chi connectivity index (χ2v) is 5.99. The van der Waals surface area contributed by atoms with Crippen LogP contribution in [0.1, 0.15) is 19.3 Å². The minimum Gasteiger partial charge on any atom is -0.391 e. The van der Waals surface area contributed by atoms with Crippen LogP contribution in [0.2, 0.25) is 0 Å². The topological polar surface area (TPSA) is 26.7 Å². The predicted octanol–water partition coefficient (Wildman–Crippen LogP) is 2.90. The molecule has 1 N–H and O–H groups in total. The summed E-state index contributed by atoms with van der Waals surface area (Å²) >= 11 is 0. The van der Waals surface area contributed by atoms with Crippen molar-refractivity contribution < 1.29 is 18.3 Å². The number of likely N-dealkylation sites (N-methyl/N-ethyl adjacent to an activating group) is 1. The van der Waals surface area contributed by atoms with Gasteiger partial charge in [0.25, 0.3) is 0 Å². The van der Waals surface area contributed by atoms with E-state index in [1.807, 2.05) is 35.2 Å². The lowest BCUT2D eigenvalue weighted by Crippen LogP contribution is -2.48. The summed E-state index contributed by atoms with van der Waals surface area (Å²) in [4.78, 5) is 4.10. The molecule has 124 valence electrons. The molecule has 1 saturated heterocycles. The Morgan fingerprint density at radius 3 is 2.64 bits per heavy atom. The molecule has 2 unspecified atom stereocenters. The first-order valence-corrected chi connectivity index (χ1v) is 7.60. The number of halogens is 3. The van der Waals surface area contributed by atoms with Gasteiger partial charge in [-0.3, -0.25) is 4.90 Å². The van der Waals surface area contributed by atoms with Crippen LogP contribution in [0.15, 0.2) is 30.3 Å². The zero-order chi connectivity index (χ0) is 16.2. The van der Waals surface area contributed by atoms with Crippen LogP contribution < -0.4 is 4.90 Å². The van der Waals surface area contributed by atoms with Crippen LogP contribution in [0, 0.1) is 0 Å².